The van der Waals surface area contributed by atoms with E-state index in [0.29, 0.717) is 37.4 Å². The van der Waals surface area contributed by atoms with E-state index in [1.54, 1.807) is 18.9 Å². The van der Waals surface area contributed by atoms with Crippen LogP contribution in [0.5, 0.6) is 0 Å². The first-order chi connectivity index (χ1) is 13.8. The first-order valence-corrected chi connectivity index (χ1v) is 9.49. The first kappa shape index (κ1) is 22.4. The summed E-state index contributed by atoms with van der Waals surface area (Å²) in [5.41, 5.74) is 2.91. The lowest BCUT2D eigenvalue weighted by Crippen LogP contribution is -2.34. The van der Waals surface area contributed by atoms with Gasteiger partial charge < -0.3 is 19.9 Å². The number of benzene rings is 2. The molecule has 0 heterocycles. The zero-order valence-electron chi connectivity index (χ0n) is 17.4. The summed E-state index contributed by atoms with van der Waals surface area (Å²) in [4.78, 5) is 28.4. The van der Waals surface area contributed by atoms with Crippen molar-refractivity contribution in [3.05, 3.63) is 59.4 Å². The lowest BCUT2D eigenvalue weighted by molar-refractivity contribution is -0.115. The van der Waals surface area contributed by atoms with Gasteiger partial charge in [-0.2, -0.15) is 0 Å². The highest BCUT2D eigenvalue weighted by Crippen LogP contribution is 2.25. The minimum atomic E-state index is -0.390. The van der Waals surface area contributed by atoms with E-state index in [9.17, 15) is 14.0 Å². The van der Waals surface area contributed by atoms with Gasteiger partial charge in [-0.3, -0.25) is 9.59 Å². The van der Waals surface area contributed by atoms with Gasteiger partial charge in [0.2, 0.25) is 5.91 Å². The molecule has 0 aromatic heterocycles. The third kappa shape index (κ3) is 6.29. The molecule has 2 aromatic carbocycles. The van der Waals surface area contributed by atoms with Crippen LogP contribution in [0.4, 0.5) is 15.8 Å². The Labute approximate surface area is 171 Å². The summed E-state index contributed by atoms with van der Waals surface area (Å²) < 4.78 is 18.4. The molecule has 0 atom stereocenters. The minimum Gasteiger partial charge on any atom is -0.383 e. The average molecular weight is 401 g/mol. The van der Waals surface area contributed by atoms with E-state index in [1.807, 2.05) is 37.2 Å². The predicted octanol–water partition coefficient (Wildman–Crippen LogP) is 3.53. The van der Waals surface area contributed by atoms with Crippen LogP contribution in [0.25, 0.3) is 0 Å². The molecule has 2 amide bonds. The fraction of sp³-hybridized carbons (Fsp3) is 0.364. The van der Waals surface area contributed by atoms with Crippen LogP contribution in [-0.2, 0) is 16.1 Å². The molecule has 1 N–H and O–H groups in total. The number of carbonyl (C=O) groups is 2. The molecule has 0 aliphatic rings. The van der Waals surface area contributed by atoms with Crippen LogP contribution in [0, 0.1) is 5.82 Å². The number of nitrogens with one attached hydrogen (secondary N) is 1. The molecule has 0 aliphatic carbocycles. The van der Waals surface area contributed by atoms with Crippen LogP contribution in [0.2, 0.25) is 0 Å². The molecule has 7 heteroatoms. The molecule has 0 aliphatic heterocycles. The highest BCUT2D eigenvalue weighted by atomic mass is 19.1. The molecule has 0 fully saturated rings. The monoisotopic (exact) mass is 401 g/mol. The molecule has 6 nitrogen and oxygen atoms in total. The van der Waals surface area contributed by atoms with Crippen LogP contribution in [0.3, 0.4) is 0 Å². The van der Waals surface area contributed by atoms with Crippen LogP contribution >= 0.6 is 0 Å². The number of carbonyl (C=O) groups excluding carboxylic acids is 2. The van der Waals surface area contributed by atoms with Crippen LogP contribution in [0.15, 0.2) is 42.5 Å². The number of amides is 2. The summed E-state index contributed by atoms with van der Waals surface area (Å²) in [6.07, 6.45) is 0.383. The van der Waals surface area contributed by atoms with E-state index in [2.05, 4.69) is 5.32 Å². The zero-order chi connectivity index (χ0) is 21.4. The Balaban J connectivity index is 2.34. The van der Waals surface area contributed by atoms with Crippen molar-refractivity contribution in [3.8, 4) is 0 Å². The zero-order valence-corrected chi connectivity index (χ0v) is 17.4. The van der Waals surface area contributed by atoms with Crippen molar-refractivity contribution >= 4 is 23.2 Å². The second kappa shape index (κ2) is 10.6. The summed E-state index contributed by atoms with van der Waals surface area (Å²) in [6.45, 7) is 2.86. The van der Waals surface area contributed by atoms with E-state index in [0.717, 1.165) is 11.3 Å². The van der Waals surface area contributed by atoms with Gasteiger partial charge in [0.05, 0.1) is 6.61 Å². The molecule has 0 radical (unpaired) electrons. The molecule has 2 rings (SSSR count). The van der Waals surface area contributed by atoms with E-state index in [4.69, 9.17) is 4.74 Å². The number of halogens is 1. The molecule has 0 saturated carbocycles. The van der Waals surface area contributed by atoms with Crippen LogP contribution in [0.1, 0.15) is 29.3 Å². The smallest absolute Gasteiger partial charge is 0.254 e. The standard InChI is InChI=1S/C22H28FN3O3/c1-5-21(27)24-19-10-11-20(25(2)3)17(14-19)15-26(12-13-29-4)22(28)16-6-8-18(23)9-7-16/h6-11,14H,5,12-13,15H2,1-4H3,(H,24,27). The van der Waals surface area contributed by atoms with Crippen molar-refractivity contribution in [2.75, 3.05) is 44.6 Å². The number of anilines is 2. The van der Waals surface area contributed by atoms with Gasteiger partial charge in [-0.05, 0) is 48.0 Å². The lowest BCUT2D eigenvalue weighted by atomic mass is 10.1. The van der Waals surface area contributed by atoms with Gasteiger partial charge in [0.1, 0.15) is 5.82 Å². The molecule has 2 aromatic rings. The third-order valence-electron chi connectivity index (χ3n) is 4.47. The Bertz CT molecular complexity index is 838. The second-order valence-electron chi connectivity index (χ2n) is 6.87. The maximum absolute atomic E-state index is 13.2. The third-order valence-corrected chi connectivity index (χ3v) is 4.47. The molecular weight excluding hydrogens is 373 g/mol. The van der Waals surface area contributed by atoms with Gasteiger partial charge in [0.25, 0.3) is 5.91 Å². The van der Waals surface area contributed by atoms with Crippen molar-refractivity contribution in [2.24, 2.45) is 0 Å². The molecule has 0 saturated heterocycles. The van der Waals surface area contributed by atoms with Crippen molar-refractivity contribution in [1.29, 1.82) is 0 Å². The SMILES string of the molecule is CCC(=O)Nc1ccc(N(C)C)c(CN(CCOC)C(=O)c2ccc(F)cc2)c1. The molecule has 0 bridgehead atoms. The van der Waals surface area contributed by atoms with Crippen molar-refractivity contribution in [1.82, 2.24) is 4.90 Å². The topological polar surface area (TPSA) is 61.9 Å². The van der Waals surface area contributed by atoms with Gasteiger partial charge in [0.15, 0.2) is 0 Å². The molecule has 0 spiro atoms. The number of ether oxygens (including phenoxy) is 1. The summed E-state index contributed by atoms with van der Waals surface area (Å²) >= 11 is 0. The van der Waals surface area contributed by atoms with Gasteiger partial charge in [-0.25, -0.2) is 4.39 Å². The lowest BCUT2D eigenvalue weighted by Gasteiger charge is -2.26. The molecular formula is C22H28FN3O3. The maximum atomic E-state index is 13.2. The van der Waals surface area contributed by atoms with E-state index in [-0.39, 0.29) is 17.6 Å². The predicted molar refractivity (Wildman–Crippen MR) is 113 cm³/mol. The number of rotatable bonds is 9. The molecule has 29 heavy (non-hydrogen) atoms. The fourth-order valence-corrected chi connectivity index (χ4v) is 2.91. The average Bonchev–Trinajstić information content (AvgIpc) is 2.71. The number of hydrogen-bond donors (Lipinski definition) is 1. The van der Waals surface area contributed by atoms with Gasteiger partial charge >= 0.3 is 0 Å². The fourth-order valence-electron chi connectivity index (χ4n) is 2.91. The number of hydrogen-bond acceptors (Lipinski definition) is 4. The quantitative estimate of drug-likeness (QED) is 0.698. The summed E-state index contributed by atoms with van der Waals surface area (Å²) in [5, 5.41) is 2.85. The normalized spacial score (nSPS) is 10.5. The van der Waals surface area contributed by atoms with Crippen molar-refractivity contribution < 1.29 is 18.7 Å². The Kier molecular flexibility index (Phi) is 8.15. The summed E-state index contributed by atoms with van der Waals surface area (Å²) in [5.74, 6) is -0.679. The van der Waals surface area contributed by atoms with E-state index >= 15 is 0 Å². The van der Waals surface area contributed by atoms with Crippen molar-refractivity contribution in [3.63, 3.8) is 0 Å². The highest BCUT2D eigenvalue weighted by Gasteiger charge is 2.19. The van der Waals surface area contributed by atoms with Gasteiger partial charge in [-0.15, -0.1) is 0 Å². The molecule has 0 unspecified atom stereocenters. The minimum absolute atomic E-state index is 0.0767. The maximum Gasteiger partial charge on any atom is 0.254 e. The summed E-state index contributed by atoms with van der Waals surface area (Å²) in [7, 11) is 5.42. The first-order valence-electron chi connectivity index (χ1n) is 9.49. The van der Waals surface area contributed by atoms with Gasteiger partial charge in [-0.1, -0.05) is 6.92 Å². The Morgan fingerprint density at radius 1 is 1.10 bits per heavy atom. The van der Waals surface area contributed by atoms with Gasteiger partial charge in [0, 0.05) is 57.7 Å². The Hall–Kier alpha value is -2.93. The van der Waals surface area contributed by atoms with Crippen molar-refractivity contribution in [2.45, 2.75) is 19.9 Å². The van der Waals surface area contributed by atoms with Crippen LogP contribution in [-0.4, -0.2) is 51.1 Å². The number of nitrogens with zero attached hydrogens (tertiary/aromatic N) is 2. The van der Waals surface area contributed by atoms with Crippen LogP contribution < -0.4 is 10.2 Å². The largest absolute Gasteiger partial charge is 0.383 e. The Morgan fingerprint density at radius 3 is 2.38 bits per heavy atom. The number of methoxy groups -OCH3 is 1. The second-order valence-corrected chi connectivity index (χ2v) is 6.87. The Morgan fingerprint density at radius 2 is 1.79 bits per heavy atom. The highest BCUT2D eigenvalue weighted by molar-refractivity contribution is 5.94. The molecule has 156 valence electrons. The summed E-state index contributed by atoms with van der Waals surface area (Å²) in [6, 6.07) is 11.1. The van der Waals surface area contributed by atoms with E-state index in [1.165, 1.54) is 24.3 Å². The van der Waals surface area contributed by atoms with E-state index < -0.39 is 0 Å².